The van der Waals surface area contributed by atoms with E-state index >= 15 is 0 Å². The first-order valence-corrected chi connectivity index (χ1v) is 7.14. The predicted octanol–water partition coefficient (Wildman–Crippen LogP) is 4.07. The summed E-state index contributed by atoms with van der Waals surface area (Å²) in [6.07, 6.45) is 2.33. The summed E-state index contributed by atoms with van der Waals surface area (Å²) >= 11 is 0. The van der Waals surface area contributed by atoms with E-state index in [1.54, 1.807) is 7.11 Å². The topological polar surface area (TPSA) is 29.5 Å². The average molecular weight is 270 g/mol. The minimum atomic E-state index is -0.249. The van der Waals surface area contributed by atoms with Gasteiger partial charge in [-0.3, -0.25) is 0 Å². The SMILES string of the molecule is CCCC(O)Cc1cccc(-c2cccc(OC)c2)c1. The van der Waals surface area contributed by atoms with Crippen molar-refractivity contribution >= 4 is 0 Å². The molecule has 0 aliphatic heterocycles. The van der Waals surface area contributed by atoms with Crippen molar-refractivity contribution in [3.8, 4) is 16.9 Å². The Morgan fingerprint density at radius 3 is 2.45 bits per heavy atom. The molecule has 0 aliphatic rings. The van der Waals surface area contributed by atoms with Crippen LogP contribution in [0.5, 0.6) is 5.75 Å². The average Bonchev–Trinajstić information content (AvgIpc) is 2.48. The second-order valence-corrected chi connectivity index (χ2v) is 5.08. The summed E-state index contributed by atoms with van der Waals surface area (Å²) in [6, 6.07) is 16.4. The van der Waals surface area contributed by atoms with Gasteiger partial charge in [-0.1, -0.05) is 49.7 Å². The molecular weight excluding hydrogens is 248 g/mol. The predicted molar refractivity (Wildman–Crippen MR) is 83.0 cm³/mol. The number of rotatable bonds is 6. The van der Waals surface area contributed by atoms with Gasteiger partial charge in [0.2, 0.25) is 0 Å². The molecule has 1 atom stereocenters. The highest BCUT2D eigenvalue weighted by atomic mass is 16.5. The molecule has 0 fully saturated rings. The number of benzene rings is 2. The molecular formula is C18H22O2. The summed E-state index contributed by atoms with van der Waals surface area (Å²) in [7, 11) is 1.68. The van der Waals surface area contributed by atoms with E-state index in [4.69, 9.17) is 4.74 Å². The highest BCUT2D eigenvalue weighted by Crippen LogP contribution is 2.25. The molecule has 106 valence electrons. The third-order valence-corrected chi connectivity index (χ3v) is 3.42. The fraction of sp³-hybridized carbons (Fsp3) is 0.333. The van der Waals surface area contributed by atoms with Gasteiger partial charge in [0.25, 0.3) is 0 Å². The van der Waals surface area contributed by atoms with Gasteiger partial charge in [0.15, 0.2) is 0 Å². The van der Waals surface area contributed by atoms with Crippen molar-refractivity contribution in [2.75, 3.05) is 7.11 Å². The Morgan fingerprint density at radius 2 is 1.75 bits per heavy atom. The van der Waals surface area contributed by atoms with Crippen molar-refractivity contribution in [1.82, 2.24) is 0 Å². The van der Waals surface area contributed by atoms with Gasteiger partial charge in [0, 0.05) is 0 Å². The molecule has 0 heterocycles. The molecule has 0 bridgehead atoms. The molecule has 0 amide bonds. The van der Waals surface area contributed by atoms with Crippen molar-refractivity contribution < 1.29 is 9.84 Å². The molecule has 2 rings (SSSR count). The zero-order valence-corrected chi connectivity index (χ0v) is 12.2. The third kappa shape index (κ3) is 3.84. The Balaban J connectivity index is 2.20. The van der Waals surface area contributed by atoms with Crippen LogP contribution in [0.15, 0.2) is 48.5 Å². The first kappa shape index (κ1) is 14.6. The van der Waals surface area contributed by atoms with Gasteiger partial charge in [-0.25, -0.2) is 0 Å². The largest absolute Gasteiger partial charge is 0.497 e. The lowest BCUT2D eigenvalue weighted by molar-refractivity contribution is 0.164. The van der Waals surface area contributed by atoms with Gasteiger partial charge in [0.05, 0.1) is 13.2 Å². The van der Waals surface area contributed by atoms with E-state index in [0.29, 0.717) is 6.42 Å². The van der Waals surface area contributed by atoms with Crippen molar-refractivity contribution in [2.24, 2.45) is 0 Å². The zero-order chi connectivity index (χ0) is 14.4. The van der Waals surface area contributed by atoms with E-state index in [2.05, 4.69) is 31.2 Å². The van der Waals surface area contributed by atoms with E-state index in [0.717, 1.165) is 29.7 Å². The number of aliphatic hydroxyl groups is 1. The van der Waals surface area contributed by atoms with E-state index in [-0.39, 0.29) is 6.10 Å². The van der Waals surface area contributed by atoms with Gasteiger partial charge in [-0.15, -0.1) is 0 Å². The van der Waals surface area contributed by atoms with Crippen LogP contribution in [0.4, 0.5) is 0 Å². The van der Waals surface area contributed by atoms with Crippen LogP contribution in [-0.2, 0) is 6.42 Å². The first-order chi connectivity index (χ1) is 9.72. The van der Waals surface area contributed by atoms with Crippen molar-refractivity contribution in [2.45, 2.75) is 32.3 Å². The molecule has 2 aromatic rings. The Labute approximate surface area is 121 Å². The number of aliphatic hydroxyl groups excluding tert-OH is 1. The lowest BCUT2D eigenvalue weighted by Gasteiger charge is -2.11. The number of hydrogen-bond donors (Lipinski definition) is 1. The smallest absolute Gasteiger partial charge is 0.119 e. The number of methoxy groups -OCH3 is 1. The number of hydrogen-bond acceptors (Lipinski definition) is 2. The maximum Gasteiger partial charge on any atom is 0.119 e. The van der Waals surface area contributed by atoms with E-state index < -0.39 is 0 Å². The van der Waals surface area contributed by atoms with Crippen LogP contribution < -0.4 is 4.74 Å². The maximum atomic E-state index is 9.93. The van der Waals surface area contributed by atoms with Crippen LogP contribution in [0, 0.1) is 0 Å². The zero-order valence-electron chi connectivity index (χ0n) is 12.2. The van der Waals surface area contributed by atoms with Crippen LogP contribution in [0.25, 0.3) is 11.1 Å². The highest BCUT2D eigenvalue weighted by molar-refractivity contribution is 5.65. The van der Waals surface area contributed by atoms with Crippen molar-refractivity contribution in [1.29, 1.82) is 0 Å². The van der Waals surface area contributed by atoms with Crippen LogP contribution in [-0.4, -0.2) is 18.3 Å². The van der Waals surface area contributed by atoms with Crippen LogP contribution in [0.2, 0.25) is 0 Å². The van der Waals surface area contributed by atoms with Gasteiger partial charge in [-0.05, 0) is 41.7 Å². The standard InChI is InChI=1S/C18H22O2/c1-3-6-17(19)12-14-7-4-8-15(11-14)16-9-5-10-18(13-16)20-2/h4-5,7-11,13,17,19H,3,6,12H2,1-2H3. The highest BCUT2D eigenvalue weighted by Gasteiger charge is 2.06. The molecule has 1 N–H and O–H groups in total. The van der Waals surface area contributed by atoms with Crippen LogP contribution in [0.1, 0.15) is 25.3 Å². The molecule has 0 radical (unpaired) electrons. The molecule has 0 saturated heterocycles. The molecule has 0 saturated carbocycles. The fourth-order valence-electron chi connectivity index (χ4n) is 2.39. The van der Waals surface area contributed by atoms with Crippen LogP contribution >= 0.6 is 0 Å². The summed E-state index contributed by atoms with van der Waals surface area (Å²) in [5.41, 5.74) is 3.47. The Kier molecular flexibility index (Phi) is 5.19. The van der Waals surface area contributed by atoms with Gasteiger partial charge in [-0.2, -0.15) is 0 Å². The summed E-state index contributed by atoms with van der Waals surface area (Å²) in [4.78, 5) is 0. The third-order valence-electron chi connectivity index (χ3n) is 3.42. The normalized spacial score (nSPS) is 12.2. The molecule has 2 heteroatoms. The monoisotopic (exact) mass is 270 g/mol. The Bertz CT molecular complexity index is 549. The van der Waals surface area contributed by atoms with E-state index in [1.165, 1.54) is 5.56 Å². The van der Waals surface area contributed by atoms with E-state index in [9.17, 15) is 5.11 Å². The lowest BCUT2D eigenvalue weighted by Crippen LogP contribution is -2.09. The minimum Gasteiger partial charge on any atom is -0.497 e. The lowest BCUT2D eigenvalue weighted by atomic mass is 9.99. The van der Waals surface area contributed by atoms with Gasteiger partial charge in [0.1, 0.15) is 5.75 Å². The first-order valence-electron chi connectivity index (χ1n) is 7.14. The second-order valence-electron chi connectivity index (χ2n) is 5.08. The quantitative estimate of drug-likeness (QED) is 0.857. The van der Waals surface area contributed by atoms with E-state index in [1.807, 2.05) is 24.3 Å². The summed E-state index contributed by atoms with van der Waals surface area (Å²) in [5.74, 6) is 0.860. The fourth-order valence-corrected chi connectivity index (χ4v) is 2.39. The molecule has 0 aromatic heterocycles. The minimum absolute atomic E-state index is 0.249. The van der Waals surface area contributed by atoms with Crippen LogP contribution in [0.3, 0.4) is 0 Å². The summed E-state index contributed by atoms with van der Waals surface area (Å²) in [5, 5.41) is 9.93. The summed E-state index contributed by atoms with van der Waals surface area (Å²) in [6.45, 7) is 2.09. The Morgan fingerprint density at radius 1 is 1.05 bits per heavy atom. The second kappa shape index (κ2) is 7.11. The van der Waals surface area contributed by atoms with Gasteiger partial charge >= 0.3 is 0 Å². The van der Waals surface area contributed by atoms with Crippen molar-refractivity contribution in [3.05, 3.63) is 54.1 Å². The molecule has 2 aromatic carbocycles. The molecule has 1 unspecified atom stereocenters. The molecule has 0 spiro atoms. The summed E-state index contributed by atoms with van der Waals surface area (Å²) < 4.78 is 5.26. The molecule has 20 heavy (non-hydrogen) atoms. The maximum absolute atomic E-state index is 9.93. The van der Waals surface area contributed by atoms with Crippen molar-refractivity contribution in [3.63, 3.8) is 0 Å². The molecule has 2 nitrogen and oxygen atoms in total. The Hall–Kier alpha value is -1.80. The molecule has 0 aliphatic carbocycles. The van der Waals surface area contributed by atoms with Gasteiger partial charge < -0.3 is 9.84 Å². The number of ether oxygens (including phenoxy) is 1.